The maximum absolute atomic E-state index is 2.32. The van der Waals surface area contributed by atoms with E-state index in [1.165, 1.54) is 37.7 Å². The summed E-state index contributed by atoms with van der Waals surface area (Å²) in [5.41, 5.74) is 1.99. The van der Waals surface area contributed by atoms with E-state index in [0.717, 1.165) is 0 Å². The first-order valence-corrected chi connectivity index (χ1v) is 6.12. The summed E-state index contributed by atoms with van der Waals surface area (Å²) in [6.07, 6.45) is 6.66. The lowest BCUT2D eigenvalue weighted by Gasteiger charge is -2.17. The van der Waals surface area contributed by atoms with Gasteiger partial charge in [0.25, 0.3) is 0 Å². The van der Waals surface area contributed by atoms with E-state index in [9.17, 15) is 0 Å². The average molecular weight is 204 g/mol. The molecule has 0 radical (unpaired) electrons. The third-order valence-corrected chi connectivity index (χ3v) is 2.74. The van der Waals surface area contributed by atoms with Gasteiger partial charge in [0.15, 0.2) is 0 Å². The summed E-state index contributed by atoms with van der Waals surface area (Å²) >= 11 is 0. The summed E-state index contributed by atoms with van der Waals surface area (Å²) < 4.78 is 0. The van der Waals surface area contributed by atoms with Gasteiger partial charge in [-0.15, -0.1) is 0 Å². The Labute approximate surface area is 94.7 Å². The molecule has 84 valence electrons. The molecule has 1 rings (SSSR count). The molecule has 0 N–H and O–H groups in total. The number of hydrogen-bond acceptors (Lipinski definition) is 0. The Morgan fingerprint density at radius 3 is 2.13 bits per heavy atom. The van der Waals surface area contributed by atoms with Gasteiger partial charge in [0.1, 0.15) is 0 Å². The fourth-order valence-corrected chi connectivity index (χ4v) is 1.81. The van der Waals surface area contributed by atoms with Gasteiger partial charge in [0.05, 0.1) is 0 Å². The Balaban J connectivity index is 2.08. The molecule has 0 spiro atoms. The lowest BCUT2D eigenvalue weighted by atomic mass is 9.89. The topological polar surface area (TPSA) is 0 Å². The highest BCUT2D eigenvalue weighted by molar-refractivity contribution is 5.14. The Bertz CT molecular complexity index is 253. The van der Waals surface area contributed by atoms with E-state index in [1.807, 2.05) is 0 Å². The van der Waals surface area contributed by atoms with E-state index in [0.29, 0.717) is 5.41 Å². The number of aryl methyl sites for hydroxylation is 1. The maximum Gasteiger partial charge on any atom is -0.0279 e. The van der Waals surface area contributed by atoms with Crippen molar-refractivity contribution in [1.82, 2.24) is 0 Å². The predicted octanol–water partition coefficient (Wildman–Crippen LogP) is 4.84. The molecule has 0 bridgehead atoms. The molecule has 0 heterocycles. The third kappa shape index (κ3) is 6.33. The zero-order chi connectivity index (χ0) is 11.1. The number of benzene rings is 1. The molecule has 1 aromatic carbocycles. The van der Waals surface area contributed by atoms with Gasteiger partial charge in [0, 0.05) is 0 Å². The molecule has 0 nitrogen and oxygen atoms in total. The summed E-state index contributed by atoms with van der Waals surface area (Å²) in [4.78, 5) is 0. The highest BCUT2D eigenvalue weighted by Gasteiger charge is 2.08. The minimum atomic E-state index is 0.507. The summed E-state index contributed by atoms with van der Waals surface area (Å²) in [7, 11) is 0. The Hall–Kier alpha value is -0.780. The second-order valence-corrected chi connectivity index (χ2v) is 5.61. The molecular formula is C15H24. The van der Waals surface area contributed by atoms with Gasteiger partial charge in [-0.05, 0) is 30.2 Å². The summed E-state index contributed by atoms with van der Waals surface area (Å²) in [5, 5.41) is 0. The van der Waals surface area contributed by atoms with Gasteiger partial charge in [-0.3, -0.25) is 0 Å². The van der Waals surface area contributed by atoms with Crippen molar-refractivity contribution in [2.75, 3.05) is 0 Å². The van der Waals surface area contributed by atoms with Crippen molar-refractivity contribution in [1.29, 1.82) is 0 Å². The molecule has 15 heavy (non-hydrogen) atoms. The van der Waals surface area contributed by atoms with Crippen molar-refractivity contribution >= 4 is 0 Å². The molecule has 0 saturated carbocycles. The van der Waals surface area contributed by atoms with Crippen molar-refractivity contribution in [3.8, 4) is 0 Å². The molecule has 0 atom stereocenters. The van der Waals surface area contributed by atoms with Crippen LogP contribution in [0.15, 0.2) is 30.3 Å². The lowest BCUT2D eigenvalue weighted by Crippen LogP contribution is -2.04. The number of unbranched alkanes of at least 4 members (excludes halogenated alkanes) is 2. The van der Waals surface area contributed by atoms with Crippen LogP contribution in [-0.4, -0.2) is 0 Å². The first kappa shape index (κ1) is 12.3. The standard InChI is InChI=1S/C15H24/c1-15(2,3)13-9-5-8-12-14-10-6-4-7-11-14/h4,6-7,10-11H,5,8-9,12-13H2,1-3H3. The molecule has 0 fully saturated rings. The smallest absolute Gasteiger partial charge is 0.0279 e. The summed E-state index contributed by atoms with van der Waals surface area (Å²) in [5.74, 6) is 0. The van der Waals surface area contributed by atoms with Crippen LogP contribution in [0.5, 0.6) is 0 Å². The van der Waals surface area contributed by atoms with Crippen molar-refractivity contribution in [2.45, 2.75) is 52.9 Å². The first-order chi connectivity index (χ1) is 7.08. The summed E-state index contributed by atoms with van der Waals surface area (Å²) in [6.45, 7) is 6.97. The van der Waals surface area contributed by atoms with E-state index in [2.05, 4.69) is 51.1 Å². The van der Waals surface area contributed by atoms with Crippen LogP contribution in [0.1, 0.15) is 52.0 Å². The first-order valence-electron chi connectivity index (χ1n) is 6.12. The maximum atomic E-state index is 2.32. The highest BCUT2D eigenvalue weighted by atomic mass is 14.1. The fourth-order valence-electron chi connectivity index (χ4n) is 1.81. The Kier molecular flexibility index (Phi) is 4.87. The molecule has 0 unspecified atom stereocenters. The lowest BCUT2D eigenvalue weighted by molar-refractivity contribution is 0.358. The zero-order valence-corrected chi connectivity index (χ0v) is 10.4. The molecule has 0 aromatic heterocycles. The summed E-state index contributed by atoms with van der Waals surface area (Å²) in [6, 6.07) is 10.8. The van der Waals surface area contributed by atoms with Gasteiger partial charge in [0.2, 0.25) is 0 Å². The van der Waals surface area contributed by atoms with Gasteiger partial charge in [-0.25, -0.2) is 0 Å². The fraction of sp³-hybridized carbons (Fsp3) is 0.600. The monoisotopic (exact) mass is 204 g/mol. The van der Waals surface area contributed by atoms with Crippen LogP contribution in [-0.2, 0) is 6.42 Å². The molecule has 0 heteroatoms. The Morgan fingerprint density at radius 1 is 0.867 bits per heavy atom. The van der Waals surface area contributed by atoms with Crippen LogP contribution in [0.25, 0.3) is 0 Å². The normalized spacial score (nSPS) is 11.7. The van der Waals surface area contributed by atoms with Crippen molar-refractivity contribution in [3.63, 3.8) is 0 Å². The van der Waals surface area contributed by atoms with Crippen LogP contribution in [0.2, 0.25) is 0 Å². The second kappa shape index (κ2) is 5.95. The molecule has 0 aliphatic heterocycles. The van der Waals surface area contributed by atoms with Crippen molar-refractivity contribution < 1.29 is 0 Å². The van der Waals surface area contributed by atoms with Crippen LogP contribution < -0.4 is 0 Å². The van der Waals surface area contributed by atoms with E-state index >= 15 is 0 Å². The van der Waals surface area contributed by atoms with Crippen LogP contribution in [0, 0.1) is 5.41 Å². The van der Waals surface area contributed by atoms with E-state index in [1.54, 1.807) is 0 Å². The van der Waals surface area contributed by atoms with Crippen LogP contribution in [0.3, 0.4) is 0 Å². The molecule has 0 aliphatic rings. The number of hydrogen-bond donors (Lipinski definition) is 0. The SMILES string of the molecule is CC(C)(C)CCCCCc1ccccc1. The molecular weight excluding hydrogens is 180 g/mol. The second-order valence-electron chi connectivity index (χ2n) is 5.61. The van der Waals surface area contributed by atoms with E-state index in [-0.39, 0.29) is 0 Å². The van der Waals surface area contributed by atoms with Crippen molar-refractivity contribution in [2.24, 2.45) is 5.41 Å². The largest absolute Gasteiger partial charge is 0.0622 e. The quantitative estimate of drug-likeness (QED) is 0.602. The molecule has 0 saturated heterocycles. The average Bonchev–Trinajstić information content (AvgIpc) is 2.17. The zero-order valence-electron chi connectivity index (χ0n) is 10.4. The van der Waals surface area contributed by atoms with Crippen molar-refractivity contribution in [3.05, 3.63) is 35.9 Å². The predicted molar refractivity (Wildman–Crippen MR) is 68.1 cm³/mol. The van der Waals surface area contributed by atoms with E-state index in [4.69, 9.17) is 0 Å². The molecule has 0 amide bonds. The van der Waals surface area contributed by atoms with Gasteiger partial charge in [-0.2, -0.15) is 0 Å². The number of rotatable bonds is 5. The van der Waals surface area contributed by atoms with Gasteiger partial charge in [-0.1, -0.05) is 63.9 Å². The van der Waals surface area contributed by atoms with Gasteiger partial charge >= 0.3 is 0 Å². The molecule has 0 aliphatic carbocycles. The van der Waals surface area contributed by atoms with Gasteiger partial charge < -0.3 is 0 Å². The molecule has 1 aromatic rings. The van der Waals surface area contributed by atoms with Crippen LogP contribution >= 0.6 is 0 Å². The van der Waals surface area contributed by atoms with E-state index < -0.39 is 0 Å². The Morgan fingerprint density at radius 2 is 1.53 bits per heavy atom. The third-order valence-electron chi connectivity index (χ3n) is 2.74. The van der Waals surface area contributed by atoms with Crippen LogP contribution in [0.4, 0.5) is 0 Å². The minimum Gasteiger partial charge on any atom is -0.0622 e. The highest BCUT2D eigenvalue weighted by Crippen LogP contribution is 2.22. The minimum absolute atomic E-state index is 0.507.